The second-order valence-corrected chi connectivity index (χ2v) is 5.69. The second-order valence-electron chi connectivity index (χ2n) is 5.69. The van der Waals surface area contributed by atoms with Crippen molar-refractivity contribution in [1.82, 2.24) is 5.43 Å². The van der Waals surface area contributed by atoms with Crippen molar-refractivity contribution in [2.24, 2.45) is 22.7 Å². The molecule has 0 amide bonds. The zero-order valence-electron chi connectivity index (χ0n) is 11.0. The lowest BCUT2D eigenvalue weighted by molar-refractivity contribution is -0.182. The average molecular weight is 277 g/mol. The molecule has 0 atom stereocenters. The van der Waals surface area contributed by atoms with Gasteiger partial charge in [-0.15, -0.1) is 0 Å². The number of halogens is 3. The van der Waals surface area contributed by atoms with Gasteiger partial charge in [-0.25, -0.2) is 5.84 Å². The summed E-state index contributed by atoms with van der Waals surface area (Å²) in [4.78, 5) is 4.60. The van der Waals surface area contributed by atoms with Crippen molar-refractivity contribution in [3.05, 3.63) is 0 Å². The average Bonchev–Trinajstić information content (AvgIpc) is 2.88. The zero-order chi connectivity index (χ0) is 13.9. The highest BCUT2D eigenvalue weighted by Gasteiger charge is 2.42. The highest BCUT2D eigenvalue weighted by atomic mass is 19.4. The minimum absolute atomic E-state index is 0.0733. The van der Waals surface area contributed by atoms with E-state index in [0.717, 1.165) is 12.8 Å². The summed E-state index contributed by atoms with van der Waals surface area (Å²) in [5.74, 6) is 5.14. The van der Waals surface area contributed by atoms with Crippen LogP contribution < -0.4 is 11.3 Å². The van der Waals surface area contributed by atoms with E-state index >= 15 is 0 Å². The molecule has 0 bridgehead atoms. The summed E-state index contributed by atoms with van der Waals surface area (Å²) in [5, 5.41) is 0. The molecule has 2 aliphatic carbocycles. The summed E-state index contributed by atoms with van der Waals surface area (Å²) in [6.07, 6.45) is 1.91. The molecule has 0 aromatic heterocycles. The molecule has 0 heterocycles. The molecule has 3 nitrogen and oxygen atoms in total. The summed E-state index contributed by atoms with van der Waals surface area (Å²) >= 11 is 0. The third-order valence-corrected chi connectivity index (χ3v) is 4.37. The lowest BCUT2D eigenvalue weighted by atomic mass is 9.81. The monoisotopic (exact) mass is 277 g/mol. The number of hydrogen-bond donors (Lipinski definition) is 2. The molecule has 2 saturated carbocycles. The lowest BCUT2D eigenvalue weighted by Gasteiger charge is -2.30. The van der Waals surface area contributed by atoms with Crippen LogP contribution in [0.1, 0.15) is 51.4 Å². The van der Waals surface area contributed by atoms with E-state index in [4.69, 9.17) is 5.84 Å². The van der Waals surface area contributed by atoms with Crippen LogP contribution in [-0.2, 0) is 0 Å². The normalized spacial score (nSPS) is 30.6. The molecule has 0 aromatic carbocycles. The van der Waals surface area contributed by atoms with Crippen LogP contribution in [0.5, 0.6) is 0 Å². The van der Waals surface area contributed by atoms with Gasteiger partial charge in [0, 0.05) is 5.92 Å². The van der Waals surface area contributed by atoms with Gasteiger partial charge in [0.15, 0.2) is 0 Å². The first-order valence-electron chi connectivity index (χ1n) is 7.11. The molecule has 110 valence electrons. The predicted octanol–water partition coefficient (Wildman–Crippen LogP) is 3.16. The van der Waals surface area contributed by atoms with Crippen molar-refractivity contribution in [3.63, 3.8) is 0 Å². The number of amidine groups is 1. The molecule has 0 saturated heterocycles. The molecule has 0 unspecified atom stereocenters. The van der Waals surface area contributed by atoms with Gasteiger partial charge in [0.1, 0.15) is 5.84 Å². The number of hydrazine groups is 1. The van der Waals surface area contributed by atoms with Crippen LogP contribution in [0.3, 0.4) is 0 Å². The number of hydrogen-bond acceptors (Lipinski definition) is 2. The molecule has 2 rings (SSSR count). The van der Waals surface area contributed by atoms with Crippen LogP contribution in [0.2, 0.25) is 0 Å². The number of alkyl halides is 3. The Hall–Kier alpha value is -0.780. The number of nitrogens with one attached hydrogen (secondary N) is 1. The van der Waals surface area contributed by atoms with Crippen LogP contribution in [0.15, 0.2) is 4.99 Å². The fraction of sp³-hybridized carbons (Fsp3) is 0.923. The summed E-state index contributed by atoms with van der Waals surface area (Å²) in [5.41, 5.74) is 2.62. The van der Waals surface area contributed by atoms with Crippen molar-refractivity contribution in [1.29, 1.82) is 0 Å². The molecule has 6 heteroatoms. The Balaban J connectivity index is 1.91. The molecule has 0 radical (unpaired) electrons. The highest BCUT2D eigenvalue weighted by molar-refractivity contribution is 5.84. The Morgan fingerprint density at radius 1 is 1.00 bits per heavy atom. The first-order valence-corrected chi connectivity index (χ1v) is 7.11. The topological polar surface area (TPSA) is 50.4 Å². The van der Waals surface area contributed by atoms with E-state index in [1.165, 1.54) is 12.8 Å². The van der Waals surface area contributed by atoms with Crippen LogP contribution in [0, 0.1) is 11.8 Å². The molecule has 3 N–H and O–H groups in total. The van der Waals surface area contributed by atoms with Crippen LogP contribution in [-0.4, -0.2) is 18.1 Å². The van der Waals surface area contributed by atoms with Gasteiger partial charge in [0.2, 0.25) is 0 Å². The fourth-order valence-electron chi connectivity index (χ4n) is 3.18. The summed E-state index contributed by atoms with van der Waals surface area (Å²) in [6, 6.07) is 0.311. The van der Waals surface area contributed by atoms with Crippen LogP contribution >= 0.6 is 0 Å². The van der Waals surface area contributed by atoms with Gasteiger partial charge in [0.25, 0.3) is 0 Å². The molecular formula is C13H22F3N3. The predicted molar refractivity (Wildman–Crippen MR) is 68.5 cm³/mol. The van der Waals surface area contributed by atoms with E-state index in [1.807, 2.05) is 0 Å². The Bertz CT molecular complexity index is 314. The second kappa shape index (κ2) is 6.11. The maximum atomic E-state index is 12.6. The first-order chi connectivity index (χ1) is 9.00. The highest BCUT2D eigenvalue weighted by Crippen LogP contribution is 2.39. The van der Waals surface area contributed by atoms with Crippen molar-refractivity contribution in [2.45, 2.75) is 63.6 Å². The molecule has 19 heavy (non-hydrogen) atoms. The van der Waals surface area contributed by atoms with Gasteiger partial charge in [-0.3, -0.25) is 4.99 Å². The maximum absolute atomic E-state index is 12.6. The molecule has 2 aliphatic rings. The van der Waals surface area contributed by atoms with Gasteiger partial charge in [-0.05, 0) is 38.5 Å². The van der Waals surface area contributed by atoms with Gasteiger partial charge in [-0.1, -0.05) is 12.8 Å². The van der Waals surface area contributed by atoms with Gasteiger partial charge in [-0.2, -0.15) is 13.2 Å². The van der Waals surface area contributed by atoms with E-state index in [-0.39, 0.29) is 18.8 Å². The molecule has 0 spiro atoms. The first kappa shape index (κ1) is 14.6. The number of rotatable bonds is 2. The van der Waals surface area contributed by atoms with Crippen LogP contribution in [0.4, 0.5) is 13.2 Å². The van der Waals surface area contributed by atoms with E-state index in [1.54, 1.807) is 0 Å². The number of aliphatic imine (C=N–C) groups is 1. The van der Waals surface area contributed by atoms with Gasteiger partial charge in [0.05, 0.1) is 12.0 Å². The molecule has 0 aromatic rings. The minimum Gasteiger partial charge on any atom is -0.312 e. The molecular weight excluding hydrogens is 255 g/mol. The molecule has 0 aliphatic heterocycles. The van der Waals surface area contributed by atoms with Gasteiger partial charge >= 0.3 is 6.18 Å². The summed E-state index contributed by atoms with van der Waals surface area (Å²) in [7, 11) is 0. The Kier molecular flexibility index (Phi) is 4.71. The summed E-state index contributed by atoms with van der Waals surface area (Å²) < 4.78 is 37.8. The smallest absolute Gasteiger partial charge is 0.312 e. The third kappa shape index (κ3) is 3.84. The standard InChI is InChI=1S/C13H22F3N3/c14-13(15,16)10-7-5-9(6-8-10)12(19-17)18-11-3-1-2-4-11/h9-11H,1-8,17H2,(H,18,19). The van der Waals surface area contributed by atoms with E-state index < -0.39 is 12.1 Å². The molecule has 2 fully saturated rings. The Morgan fingerprint density at radius 3 is 2.05 bits per heavy atom. The number of nitrogens with zero attached hydrogens (tertiary/aromatic N) is 1. The van der Waals surface area contributed by atoms with Crippen molar-refractivity contribution < 1.29 is 13.2 Å². The lowest BCUT2D eigenvalue weighted by Crippen LogP contribution is -2.40. The van der Waals surface area contributed by atoms with Crippen molar-refractivity contribution in [3.8, 4) is 0 Å². The Morgan fingerprint density at radius 2 is 1.58 bits per heavy atom. The third-order valence-electron chi connectivity index (χ3n) is 4.37. The minimum atomic E-state index is -4.05. The SMILES string of the molecule is NNC(=NC1CCCC1)C1CCC(C(F)(F)F)CC1. The summed E-state index contributed by atoms with van der Waals surface area (Å²) in [6.45, 7) is 0. The van der Waals surface area contributed by atoms with Crippen molar-refractivity contribution in [2.75, 3.05) is 0 Å². The Labute approximate surface area is 111 Å². The zero-order valence-corrected chi connectivity index (χ0v) is 11.0. The van der Waals surface area contributed by atoms with E-state index in [2.05, 4.69) is 10.4 Å². The van der Waals surface area contributed by atoms with Crippen molar-refractivity contribution >= 4 is 5.84 Å². The largest absolute Gasteiger partial charge is 0.391 e. The van der Waals surface area contributed by atoms with Gasteiger partial charge < -0.3 is 5.43 Å². The number of nitrogens with two attached hydrogens (primary N) is 1. The van der Waals surface area contributed by atoms with E-state index in [0.29, 0.717) is 24.7 Å². The quantitative estimate of drug-likeness (QED) is 0.352. The maximum Gasteiger partial charge on any atom is 0.391 e. The van der Waals surface area contributed by atoms with E-state index in [9.17, 15) is 13.2 Å². The van der Waals surface area contributed by atoms with Crippen LogP contribution in [0.25, 0.3) is 0 Å². The fourth-order valence-corrected chi connectivity index (χ4v) is 3.18.